The highest BCUT2D eigenvalue weighted by Gasteiger charge is 2.34. The van der Waals surface area contributed by atoms with E-state index in [0.717, 1.165) is 43.2 Å². The van der Waals surface area contributed by atoms with Crippen LogP contribution in [0.5, 0.6) is 0 Å². The van der Waals surface area contributed by atoms with Crippen molar-refractivity contribution in [3.05, 3.63) is 35.6 Å². The largest absolute Gasteiger partial charge is 0.378 e. The molecule has 2 aromatic rings. The van der Waals surface area contributed by atoms with Gasteiger partial charge in [-0.3, -0.25) is 0 Å². The van der Waals surface area contributed by atoms with Crippen molar-refractivity contribution in [2.75, 3.05) is 37.7 Å². The van der Waals surface area contributed by atoms with E-state index in [0.29, 0.717) is 42.9 Å². The van der Waals surface area contributed by atoms with Gasteiger partial charge in [0.25, 0.3) is 0 Å². The molecule has 1 aromatic heterocycles. The first-order chi connectivity index (χ1) is 13.7. The van der Waals surface area contributed by atoms with Gasteiger partial charge in [-0.25, -0.2) is 4.39 Å². The van der Waals surface area contributed by atoms with Crippen molar-refractivity contribution in [1.82, 2.24) is 15.4 Å². The van der Waals surface area contributed by atoms with Crippen molar-refractivity contribution < 1.29 is 13.7 Å². The van der Waals surface area contributed by atoms with Crippen LogP contribution < -0.4 is 10.2 Å². The topological polar surface area (TPSA) is 53.8 Å². The fourth-order valence-electron chi connectivity index (χ4n) is 3.50. The third-order valence-electron chi connectivity index (χ3n) is 5.10. The molecule has 0 radical (unpaired) electrons. The van der Waals surface area contributed by atoms with Crippen LogP contribution in [0.4, 0.5) is 10.3 Å². The third kappa shape index (κ3) is 3.98. The monoisotopic (exact) mass is 404 g/mol. The van der Waals surface area contributed by atoms with Gasteiger partial charge in [0.1, 0.15) is 11.5 Å². The quantitative estimate of drug-likeness (QED) is 0.742. The van der Waals surface area contributed by atoms with Gasteiger partial charge >= 0.3 is 0 Å². The Labute approximate surface area is 169 Å². The summed E-state index contributed by atoms with van der Waals surface area (Å²) >= 11 is 5.61. The molecule has 150 valence electrons. The van der Waals surface area contributed by atoms with E-state index < -0.39 is 0 Å². The molecule has 0 spiro atoms. The summed E-state index contributed by atoms with van der Waals surface area (Å²) in [5.74, 6) is 0.379. The van der Waals surface area contributed by atoms with Gasteiger partial charge in [-0.05, 0) is 44.1 Å². The Morgan fingerprint density at radius 3 is 2.75 bits per heavy atom. The first-order valence-corrected chi connectivity index (χ1v) is 10.2. The second kappa shape index (κ2) is 8.45. The number of halogens is 1. The van der Waals surface area contributed by atoms with Gasteiger partial charge in [-0.1, -0.05) is 17.3 Å². The molecular formula is C20H25FN4O2S. The molecule has 2 heterocycles. The zero-order chi connectivity index (χ0) is 19.5. The van der Waals surface area contributed by atoms with Crippen LogP contribution in [0.1, 0.15) is 25.3 Å². The molecule has 6 nitrogen and oxygen atoms in total. The Bertz CT molecular complexity index is 833. The summed E-state index contributed by atoms with van der Waals surface area (Å²) in [6.07, 6.45) is 2.22. The lowest BCUT2D eigenvalue weighted by molar-refractivity contribution is 0.120. The van der Waals surface area contributed by atoms with Crippen LogP contribution in [0.25, 0.3) is 11.3 Å². The number of nitrogens with zero attached hydrogens (tertiary/aromatic N) is 3. The summed E-state index contributed by atoms with van der Waals surface area (Å²) < 4.78 is 25.7. The van der Waals surface area contributed by atoms with Crippen LogP contribution in [0, 0.1) is 5.82 Å². The molecule has 8 heteroatoms. The molecule has 0 unspecified atom stereocenters. The lowest BCUT2D eigenvalue weighted by Crippen LogP contribution is -2.41. The molecule has 1 N–H and O–H groups in total. The maximum atomic E-state index is 14.5. The van der Waals surface area contributed by atoms with E-state index in [1.54, 1.807) is 12.1 Å². The van der Waals surface area contributed by atoms with Crippen LogP contribution >= 0.6 is 12.2 Å². The summed E-state index contributed by atoms with van der Waals surface area (Å²) in [6, 6.07) is 7.09. The number of benzene rings is 1. The highest BCUT2D eigenvalue weighted by Crippen LogP contribution is 2.37. The minimum absolute atomic E-state index is 0.308. The number of hydrogen-bond donors (Lipinski definition) is 1. The average molecular weight is 405 g/mol. The summed E-state index contributed by atoms with van der Waals surface area (Å²) in [6.45, 7) is 6.05. The standard InChI is InChI=1S/C20H25FN4O2S/c1-2-22-20(28)25(14-7-8-14)13-16-18(15-5-3-4-6-17(15)21)23-27-19(16)24-9-11-26-12-10-24/h3-6,14H,2,7-13H2,1H3,(H,22,28). The van der Waals surface area contributed by atoms with Gasteiger partial charge in [-0.15, -0.1) is 0 Å². The number of thiocarbonyl (C=S) groups is 1. The Morgan fingerprint density at radius 1 is 1.32 bits per heavy atom. The van der Waals surface area contributed by atoms with Crippen molar-refractivity contribution in [2.24, 2.45) is 0 Å². The van der Waals surface area contributed by atoms with Gasteiger partial charge in [0, 0.05) is 31.2 Å². The molecule has 0 bridgehead atoms. The van der Waals surface area contributed by atoms with Crippen molar-refractivity contribution >= 4 is 23.2 Å². The number of anilines is 1. The third-order valence-corrected chi connectivity index (χ3v) is 5.48. The minimum atomic E-state index is -0.308. The van der Waals surface area contributed by atoms with E-state index in [1.807, 2.05) is 13.0 Å². The summed E-state index contributed by atoms with van der Waals surface area (Å²) in [5, 5.41) is 8.24. The zero-order valence-electron chi connectivity index (χ0n) is 16.0. The Hall–Kier alpha value is -2.19. The van der Waals surface area contributed by atoms with Crippen molar-refractivity contribution in [1.29, 1.82) is 0 Å². The first-order valence-electron chi connectivity index (χ1n) is 9.79. The van der Waals surface area contributed by atoms with E-state index in [9.17, 15) is 4.39 Å². The maximum absolute atomic E-state index is 14.5. The number of morpholine rings is 1. The van der Waals surface area contributed by atoms with Crippen LogP contribution in [0.3, 0.4) is 0 Å². The average Bonchev–Trinajstić information content (AvgIpc) is 3.47. The summed E-state index contributed by atoms with van der Waals surface area (Å²) in [7, 11) is 0. The molecule has 4 rings (SSSR count). The minimum Gasteiger partial charge on any atom is -0.378 e. The van der Waals surface area contributed by atoms with Crippen molar-refractivity contribution in [2.45, 2.75) is 32.4 Å². The van der Waals surface area contributed by atoms with Crippen LogP contribution in [-0.4, -0.2) is 54.1 Å². The number of rotatable bonds is 6. The van der Waals surface area contributed by atoms with E-state index >= 15 is 0 Å². The molecule has 1 saturated heterocycles. The van der Waals surface area contributed by atoms with Crippen LogP contribution in [-0.2, 0) is 11.3 Å². The molecule has 2 aliphatic rings. The molecule has 1 aliphatic carbocycles. The molecular weight excluding hydrogens is 379 g/mol. The molecule has 28 heavy (non-hydrogen) atoms. The Morgan fingerprint density at radius 2 is 2.07 bits per heavy atom. The van der Waals surface area contributed by atoms with Gasteiger partial charge in [-0.2, -0.15) is 0 Å². The smallest absolute Gasteiger partial charge is 0.233 e. The lowest BCUT2D eigenvalue weighted by Gasteiger charge is -2.29. The number of aromatic nitrogens is 1. The Balaban J connectivity index is 1.72. The maximum Gasteiger partial charge on any atom is 0.233 e. The second-order valence-electron chi connectivity index (χ2n) is 7.09. The zero-order valence-corrected chi connectivity index (χ0v) is 16.8. The molecule has 0 amide bonds. The van der Waals surface area contributed by atoms with Crippen LogP contribution in [0.2, 0.25) is 0 Å². The highest BCUT2D eigenvalue weighted by molar-refractivity contribution is 7.80. The predicted octanol–water partition coefficient (Wildman–Crippen LogP) is 3.18. The second-order valence-corrected chi connectivity index (χ2v) is 7.48. The summed E-state index contributed by atoms with van der Waals surface area (Å²) in [5.41, 5.74) is 1.87. The first kappa shape index (κ1) is 19.1. The van der Waals surface area contributed by atoms with Crippen molar-refractivity contribution in [3.8, 4) is 11.3 Å². The molecule has 1 saturated carbocycles. The van der Waals surface area contributed by atoms with Gasteiger partial charge < -0.3 is 24.4 Å². The van der Waals surface area contributed by atoms with E-state index in [4.69, 9.17) is 21.5 Å². The van der Waals surface area contributed by atoms with Crippen LogP contribution in [0.15, 0.2) is 28.8 Å². The fraction of sp³-hybridized carbons (Fsp3) is 0.500. The SMILES string of the molecule is CCNC(=S)N(Cc1c(-c2ccccc2F)noc1N1CCOCC1)C1CC1. The predicted molar refractivity (Wildman–Crippen MR) is 110 cm³/mol. The lowest BCUT2D eigenvalue weighted by atomic mass is 10.1. The normalized spacial score (nSPS) is 16.9. The number of nitrogens with one attached hydrogen (secondary N) is 1. The number of hydrogen-bond acceptors (Lipinski definition) is 5. The van der Waals surface area contributed by atoms with Gasteiger partial charge in [0.2, 0.25) is 5.88 Å². The molecule has 1 aromatic carbocycles. The van der Waals surface area contributed by atoms with Gasteiger partial charge in [0.05, 0.1) is 25.3 Å². The molecule has 0 atom stereocenters. The van der Waals surface area contributed by atoms with E-state index in [2.05, 4.69) is 20.3 Å². The molecule has 2 fully saturated rings. The fourth-order valence-corrected chi connectivity index (χ4v) is 3.86. The molecule has 1 aliphatic heterocycles. The summed E-state index contributed by atoms with van der Waals surface area (Å²) in [4.78, 5) is 4.30. The van der Waals surface area contributed by atoms with Crippen molar-refractivity contribution in [3.63, 3.8) is 0 Å². The highest BCUT2D eigenvalue weighted by atomic mass is 32.1. The van der Waals surface area contributed by atoms with E-state index in [-0.39, 0.29) is 5.82 Å². The van der Waals surface area contributed by atoms with E-state index in [1.165, 1.54) is 6.07 Å². The Kier molecular flexibility index (Phi) is 5.77. The number of ether oxygens (including phenoxy) is 1. The van der Waals surface area contributed by atoms with Gasteiger partial charge in [0.15, 0.2) is 5.11 Å².